The molecule has 3 aromatic carbocycles. The average Bonchev–Trinajstić information content (AvgIpc) is 3.40. The van der Waals surface area contributed by atoms with Crippen molar-refractivity contribution < 1.29 is 18.7 Å². The maximum absolute atomic E-state index is 13.5. The summed E-state index contributed by atoms with van der Waals surface area (Å²) >= 11 is 1.25. The lowest BCUT2D eigenvalue weighted by Gasteiger charge is -2.38. The number of benzene rings is 3. The van der Waals surface area contributed by atoms with Gasteiger partial charge in [-0.1, -0.05) is 60.3 Å². The minimum atomic E-state index is -0.226. The van der Waals surface area contributed by atoms with Gasteiger partial charge >= 0.3 is 0 Å². The second-order valence-corrected chi connectivity index (χ2v) is 9.01. The van der Waals surface area contributed by atoms with E-state index in [4.69, 9.17) is 13.9 Å². The monoisotopic (exact) mass is 487 g/mol. The van der Waals surface area contributed by atoms with Gasteiger partial charge < -0.3 is 18.8 Å². The molecule has 0 saturated carbocycles. The van der Waals surface area contributed by atoms with E-state index in [1.807, 2.05) is 77.7 Å². The molecule has 5 rings (SSSR count). The van der Waals surface area contributed by atoms with Crippen LogP contribution in [0.25, 0.3) is 11.5 Å². The summed E-state index contributed by atoms with van der Waals surface area (Å²) in [6, 6.07) is 23.4. The Balaban J connectivity index is 1.40. The van der Waals surface area contributed by atoms with Crippen molar-refractivity contribution in [3.8, 4) is 23.0 Å². The van der Waals surface area contributed by atoms with E-state index in [1.54, 1.807) is 14.2 Å². The predicted molar refractivity (Wildman–Crippen MR) is 134 cm³/mol. The number of ether oxygens (including phenoxy) is 2. The number of carbonyl (C=O) groups excluding carboxylic acids is 1. The standard InChI is InChI=1S/C27H25N3O4S/c1-32-22-15-20-13-14-30(25(18-9-5-3-6-10-18)21(20)16-23(22)33-2)24(31)17-35-27-29-28-26(34-27)19-11-7-4-8-12-19/h3-12,15-16,25H,13-14,17H2,1-2H3/t25-/m1/s1. The van der Waals surface area contributed by atoms with E-state index < -0.39 is 0 Å². The van der Waals surface area contributed by atoms with Crippen molar-refractivity contribution >= 4 is 17.7 Å². The highest BCUT2D eigenvalue weighted by molar-refractivity contribution is 7.99. The molecule has 0 fully saturated rings. The van der Waals surface area contributed by atoms with E-state index in [9.17, 15) is 4.79 Å². The highest BCUT2D eigenvalue weighted by Crippen LogP contribution is 2.41. The molecule has 1 amide bonds. The molecule has 1 aromatic heterocycles. The molecule has 0 spiro atoms. The summed E-state index contributed by atoms with van der Waals surface area (Å²) in [6.07, 6.45) is 0.730. The molecule has 1 aliphatic heterocycles. The van der Waals surface area contributed by atoms with Crippen molar-refractivity contribution in [3.63, 3.8) is 0 Å². The maximum Gasteiger partial charge on any atom is 0.277 e. The van der Waals surface area contributed by atoms with Crippen molar-refractivity contribution in [1.29, 1.82) is 0 Å². The average molecular weight is 488 g/mol. The third kappa shape index (κ3) is 4.74. The Morgan fingerprint density at radius 1 is 1.00 bits per heavy atom. The normalized spacial score (nSPS) is 14.9. The third-order valence-electron chi connectivity index (χ3n) is 6.06. The largest absolute Gasteiger partial charge is 0.493 e. The molecule has 1 aliphatic rings. The molecule has 0 saturated heterocycles. The van der Waals surface area contributed by atoms with Crippen LogP contribution in [0.1, 0.15) is 22.7 Å². The summed E-state index contributed by atoms with van der Waals surface area (Å²) in [6.45, 7) is 0.598. The number of amides is 1. The van der Waals surface area contributed by atoms with Crippen molar-refractivity contribution in [2.75, 3.05) is 26.5 Å². The minimum absolute atomic E-state index is 0.00347. The van der Waals surface area contributed by atoms with E-state index >= 15 is 0 Å². The molecule has 0 bridgehead atoms. The van der Waals surface area contributed by atoms with Crippen LogP contribution < -0.4 is 9.47 Å². The number of rotatable bonds is 7. The Kier molecular flexibility index (Phi) is 6.72. The minimum Gasteiger partial charge on any atom is -0.493 e. The summed E-state index contributed by atoms with van der Waals surface area (Å²) < 4.78 is 16.8. The van der Waals surface area contributed by atoms with Gasteiger partial charge in [0, 0.05) is 12.1 Å². The zero-order valence-electron chi connectivity index (χ0n) is 19.5. The molecule has 0 aliphatic carbocycles. The maximum atomic E-state index is 13.5. The van der Waals surface area contributed by atoms with Crippen LogP contribution in [0, 0.1) is 0 Å². The lowest BCUT2D eigenvalue weighted by Crippen LogP contribution is -2.41. The van der Waals surface area contributed by atoms with Gasteiger partial charge in [0.25, 0.3) is 5.22 Å². The number of thioether (sulfide) groups is 1. The Morgan fingerprint density at radius 2 is 1.69 bits per heavy atom. The molecule has 178 valence electrons. The first-order valence-corrected chi connectivity index (χ1v) is 12.3. The van der Waals surface area contributed by atoms with Crippen LogP contribution in [-0.2, 0) is 11.2 Å². The van der Waals surface area contributed by atoms with Crippen LogP contribution in [0.2, 0.25) is 0 Å². The van der Waals surface area contributed by atoms with Crippen molar-refractivity contribution in [3.05, 3.63) is 89.5 Å². The molecule has 8 heteroatoms. The molecule has 35 heavy (non-hydrogen) atoms. The predicted octanol–water partition coefficient (Wildman–Crippen LogP) is 5.02. The Hall–Kier alpha value is -3.78. The van der Waals surface area contributed by atoms with Gasteiger partial charge in [-0.25, -0.2) is 0 Å². The summed E-state index contributed by atoms with van der Waals surface area (Å²) in [5.74, 6) is 1.98. The number of carbonyl (C=O) groups is 1. The van der Waals surface area contributed by atoms with Gasteiger partial charge in [-0.05, 0) is 47.4 Å². The van der Waals surface area contributed by atoms with E-state index in [0.717, 1.165) is 28.7 Å². The molecule has 0 N–H and O–H groups in total. The summed E-state index contributed by atoms with van der Waals surface area (Å²) in [5.41, 5.74) is 4.09. The number of methoxy groups -OCH3 is 2. The van der Waals surface area contributed by atoms with Gasteiger partial charge in [0.15, 0.2) is 11.5 Å². The van der Waals surface area contributed by atoms with E-state index in [-0.39, 0.29) is 17.7 Å². The summed E-state index contributed by atoms with van der Waals surface area (Å²) in [5, 5.41) is 8.60. The number of fused-ring (bicyclic) bond motifs is 1. The third-order valence-corrected chi connectivity index (χ3v) is 6.86. The van der Waals surface area contributed by atoms with Gasteiger partial charge in [-0.2, -0.15) is 0 Å². The second-order valence-electron chi connectivity index (χ2n) is 8.08. The summed E-state index contributed by atoms with van der Waals surface area (Å²) in [7, 11) is 3.26. The fourth-order valence-corrected chi connectivity index (χ4v) is 5.03. The molecule has 1 atom stereocenters. The van der Waals surface area contributed by atoms with Crippen LogP contribution in [0.5, 0.6) is 11.5 Å². The topological polar surface area (TPSA) is 77.7 Å². The quantitative estimate of drug-likeness (QED) is 0.339. The van der Waals surface area contributed by atoms with Crippen LogP contribution >= 0.6 is 11.8 Å². The zero-order chi connectivity index (χ0) is 24.2. The van der Waals surface area contributed by atoms with E-state index in [1.165, 1.54) is 11.8 Å². The molecule has 0 radical (unpaired) electrons. The highest BCUT2D eigenvalue weighted by Gasteiger charge is 2.33. The lowest BCUT2D eigenvalue weighted by molar-refractivity contribution is -0.130. The first-order valence-electron chi connectivity index (χ1n) is 11.3. The van der Waals surface area contributed by atoms with Gasteiger partial charge in [-0.15, -0.1) is 10.2 Å². The zero-order valence-corrected chi connectivity index (χ0v) is 20.3. The first kappa shape index (κ1) is 23.0. The van der Waals surface area contributed by atoms with Crippen LogP contribution in [0.15, 0.2) is 82.4 Å². The second kappa shape index (κ2) is 10.2. The van der Waals surface area contributed by atoms with Crippen molar-refractivity contribution in [2.24, 2.45) is 0 Å². The number of hydrogen-bond acceptors (Lipinski definition) is 7. The molecule has 0 unspecified atom stereocenters. The van der Waals surface area contributed by atoms with Gasteiger partial charge in [0.1, 0.15) is 0 Å². The van der Waals surface area contributed by atoms with Gasteiger partial charge in [-0.3, -0.25) is 4.79 Å². The Labute approximate surface area is 208 Å². The molecule has 4 aromatic rings. The Morgan fingerprint density at radius 3 is 2.40 bits per heavy atom. The number of aromatic nitrogens is 2. The number of nitrogens with zero attached hydrogens (tertiary/aromatic N) is 3. The molecule has 7 nitrogen and oxygen atoms in total. The van der Waals surface area contributed by atoms with Crippen LogP contribution in [0.4, 0.5) is 0 Å². The highest BCUT2D eigenvalue weighted by atomic mass is 32.2. The number of hydrogen-bond donors (Lipinski definition) is 0. The van der Waals surface area contributed by atoms with Crippen molar-refractivity contribution in [2.45, 2.75) is 17.7 Å². The fourth-order valence-electron chi connectivity index (χ4n) is 4.38. The van der Waals surface area contributed by atoms with Gasteiger partial charge in [0.05, 0.1) is 26.0 Å². The molecule has 2 heterocycles. The fraction of sp³-hybridized carbons (Fsp3) is 0.222. The molecular weight excluding hydrogens is 462 g/mol. The van der Waals surface area contributed by atoms with Gasteiger partial charge in [0.2, 0.25) is 11.8 Å². The van der Waals surface area contributed by atoms with Crippen LogP contribution in [-0.4, -0.2) is 47.5 Å². The van der Waals surface area contributed by atoms with E-state index in [2.05, 4.69) is 10.2 Å². The van der Waals surface area contributed by atoms with Crippen LogP contribution in [0.3, 0.4) is 0 Å². The Bertz CT molecular complexity index is 1310. The first-order chi connectivity index (χ1) is 17.2. The SMILES string of the molecule is COc1cc2c(cc1OC)[C@@H](c1ccccc1)N(C(=O)CSc1nnc(-c3ccccc3)o1)CC2. The van der Waals surface area contributed by atoms with E-state index in [0.29, 0.717) is 29.2 Å². The lowest BCUT2D eigenvalue weighted by atomic mass is 9.87. The molecular formula is C27H25N3O4S. The smallest absolute Gasteiger partial charge is 0.277 e. The summed E-state index contributed by atoms with van der Waals surface area (Å²) in [4.78, 5) is 15.4. The van der Waals surface area contributed by atoms with Crippen molar-refractivity contribution in [1.82, 2.24) is 15.1 Å².